The topological polar surface area (TPSA) is 22.9 Å². The van der Waals surface area contributed by atoms with Gasteiger partial charge in [-0.05, 0) is 131 Å². The molecule has 0 radical (unpaired) electrons. The molecule has 0 fully saturated rings. The molecule has 1 heterocycles. The maximum Gasteiger partial charge on any atom is 0.135 e. The Kier molecular flexibility index (Phi) is 8.79. The molecule has 0 spiro atoms. The van der Waals surface area contributed by atoms with Gasteiger partial charge in [0.25, 0.3) is 0 Å². The Balaban J connectivity index is 1.19. The fourth-order valence-corrected chi connectivity index (χ4v) is 8.63. The molecule has 0 unspecified atom stereocenters. The van der Waals surface area contributed by atoms with Crippen LogP contribution in [0.4, 0.5) is 51.2 Å². The largest absolute Gasteiger partial charge is 0.456 e. The summed E-state index contributed by atoms with van der Waals surface area (Å²) in [5.41, 5.74) is 11.5. The van der Waals surface area contributed by atoms with Crippen LogP contribution in [0.1, 0.15) is 0 Å². The summed E-state index contributed by atoms with van der Waals surface area (Å²) in [6.45, 7) is 0. The van der Waals surface area contributed by atoms with Gasteiger partial charge in [0, 0.05) is 61.7 Å². The Morgan fingerprint density at radius 2 is 0.633 bits per heavy atom. The number of anilines is 9. The first kappa shape index (κ1) is 35.1. The number of para-hydroxylation sites is 6. The highest BCUT2D eigenvalue weighted by atomic mass is 16.3. The van der Waals surface area contributed by atoms with Crippen LogP contribution in [0.5, 0.6) is 0 Å². The van der Waals surface area contributed by atoms with Gasteiger partial charge in [-0.15, -0.1) is 0 Å². The van der Waals surface area contributed by atoms with Gasteiger partial charge < -0.3 is 19.1 Å². The van der Waals surface area contributed by atoms with Gasteiger partial charge in [0.1, 0.15) is 11.2 Å². The van der Waals surface area contributed by atoms with E-state index in [4.69, 9.17) is 4.42 Å². The van der Waals surface area contributed by atoms with E-state index in [1.807, 2.05) is 12.1 Å². The third-order valence-electron chi connectivity index (χ3n) is 11.3. The lowest BCUT2D eigenvalue weighted by atomic mass is 9.97. The molecule has 60 heavy (non-hydrogen) atoms. The molecule has 11 aromatic rings. The smallest absolute Gasteiger partial charge is 0.135 e. The summed E-state index contributed by atoms with van der Waals surface area (Å²) < 4.78 is 6.28. The minimum Gasteiger partial charge on any atom is -0.456 e. The predicted octanol–water partition coefficient (Wildman–Crippen LogP) is 16.3. The fraction of sp³-hybridized carbons (Fsp3) is 0. The molecule has 10 aromatic carbocycles. The summed E-state index contributed by atoms with van der Waals surface area (Å²) in [6.07, 6.45) is 0. The minimum absolute atomic E-state index is 0.873. The van der Waals surface area contributed by atoms with Gasteiger partial charge in [-0.25, -0.2) is 0 Å². The lowest BCUT2D eigenvalue weighted by molar-refractivity contribution is 0.669. The number of hydrogen-bond acceptors (Lipinski definition) is 4. The molecule has 4 heteroatoms. The summed E-state index contributed by atoms with van der Waals surface area (Å²) in [5, 5.41) is 6.80. The number of fused-ring (bicyclic) bond motifs is 6. The Morgan fingerprint density at radius 1 is 0.233 bits per heavy atom. The Hall–Kier alpha value is -8.08. The molecule has 0 aliphatic rings. The first-order chi connectivity index (χ1) is 29.8. The van der Waals surface area contributed by atoms with Crippen LogP contribution in [0.3, 0.4) is 0 Å². The van der Waals surface area contributed by atoms with E-state index in [1.54, 1.807) is 0 Å². The number of hydrogen-bond donors (Lipinski definition) is 0. The number of benzene rings is 10. The van der Waals surface area contributed by atoms with Crippen molar-refractivity contribution in [1.29, 1.82) is 0 Å². The molecular weight excluding hydrogens is 731 g/mol. The third kappa shape index (κ3) is 6.28. The lowest BCUT2D eigenvalue weighted by Gasteiger charge is -2.30. The molecule has 0 bridgehead atoms. The molecule has 0 amide bonds. The minimum atomic E-state index is 0.873. The molecule has 0 aliphatic carbocycles. The highest BCUT2D eigenvalue weighted by molar-refractivity contribution is 6.17. The van der Waals surface area contributed by atoms with E-state index in [1.165, 1.54) is 0 Å². The third-order valence-corrected chi connectivity index (χ3v) is 11.3. The van der Waals surface area contributed by atoms with Crippen LogP contribution in [-0.4, -0.2) is 0 Å². The van der Waals surface area contributed by atoms with Crippen molar-refractivity contribution in [2.75, 3.05) is 14.7 Å². The summed E-state index contributed by atoms with van der Waals surface area (Å²) in [7, 11) is 0. The monoisotopic (exact) mass is 769 g/mol. The molecule has 0 aliphatic heterocycles. The SMILES string of the molecule is c1ccc(N(c2ccccc2)c2ccc3cc(N(c4ccccc4)c4ccccc4)c4ccc(N(c5ccccc5)c5ccc6oc7ccccc7c6c5)cc4c3c2)cc1. The molecule has 284 valence electrons. The number of nitrogens with zero attached hydrogens (tertiary/aromatic N) is 3. The predicted molar refractivity (Wildman–Crippen MR) is 253 cm³/mol. The summed E-state index contributed by atoms with van der Waals surface area (Å²) in [6, 6.07) is 84.2. The molecule has 11 rings (SSSR count). The molecular formula is C56H39N3O. The van der Waals surface area contributed by atoms with Gasteiger partial charge >= 0.3 is 0 Å². The summed E-state index contributed by atoms with van der Waals surface area (Å²) in [5.74, 6) is 0. The van der Waals surface area contributed by atoms with Gasteiger partial charge in [-0.1, -0.05) is 121 Å². The second-order valence-electron chi connectivity index (χ2n) is 15.0. The van der Waals surface area contributed by atoms with Crippen molar-refractivity contribution < 1.29 is 4.42 Å². The van der Waals surface area contributed by atoms with Crippen LogP contribution in [-0.2, 0) is 0 Å². The van der Waals surface area contributed by atoms with Crippen LogP contribution in [0.2, 0.25) is 0 Å². The highest BCUT2D eigenvalue weighted by Crippen LogP contribution is 2.47. The quantitative estimate of drug-likeness (QED) is 0.136. The second kappa shape index (κ2) is 15.0. The van der Waals surface area contributed by atoms with Crippen LogP contribution in [0, 0.1) is 0 Å². The van der Waals surface area contributed by atoms with Crippen molar-refractivity contribution in [3.8, 4) is 0 Å². The molecule has 4 nitrogen and oxygen atoms in total. The zero-order valence-corrected chi connectivity index (χ0v) is 32.8. The average Bonchev–Trinajstić information content (AvgIpc) is 3.69. The Bertz CT molecular complexity index is 3180. The maximum atomic E-state index is 6.28. The molecule has 0 saturated heterocycles. The first-order valence-electron chi connectivity index (χ1n) is 20.3. The normalized spacial score (nSPS) is 11.3. The van der Waals surface area contributed by atoms with E-state index in [2.05, 4.69) is 239 Å². The van der Waals surface area contributed by atoms with Gasteiger partial charge in [-0.2, -0.15) is 0 Å². The van der Waals surface area contributed by atoms with Gasteiger partial charge in [-0.3, -0.25) is 0 Å². The van der Waals surface area contributed by atoms with Crippen molar-refractivity contribution in [3.05, 3.63) is 237 Å². The van der Waals surface area contributed by atoms with Crippen molar-refractivity contribution in [3.63, 3.8) is 0 Å². The average molecular weight is 770 g/mol. The van der Waals surface area contributed by atoms with Gasteiger partial charge in [0.05, 0.1) is 5.69 Å². The zero-order chi connectivity index (χ0) is 39.8. The molecule has 1 aromatic heterocycles. The van der Waals surface area contributed by atoms with Crippen molar-refractivity contribution in [2.24, 2.45) is 0 Å². The highest BCUT2D eigenvalue weighted by Gasteiger charge is 2.22. The van der Waals surface area contributed by atoms with Gasteiger partial charge in [0.15, 0.2) is 0 Å². The molecule has 0 atom stereocenters. The van der Waals surface area contributed by atoms with E-state index in [0.717, 1.165) is 94.7 Å². The zero-order valence-electron chi connectivity index (χ0n) is 32.8. The first-order valence-corrected chi connectivity index (χ1v) is 20.3. The van der Waals surface area contributed by atoms with Gasteiger partial charge in [0.2, 0.25) is 0 Å². The van der Waals surface area contributed by atoms with Crippen LogP contribution >= 0.6 is 0 Å². The van der Waals surface area contributed by atoms with E-state index in [0.29, 0.717) is 0 Å². The van der Waals surface area contributed by atoms with E-state index >= 15 is 0 Å². The second-order valence-corrected chi connectivity index (χ2v) is 15.0. The Morgan fingerprint density at radius 3 is 1.18 bits per heavy atom. The number of rotatable bonds is 9. The van der Waals surface area contributed by atoms with Crippen LogP contribution in [0.15, 0.2) is 241 Å². The lowest BCUT2D eigenvalue weighted by Crippen LogP contribution is -2.12. The van der Waals surface area contributed by atoms with E-state index in [-0.39, 0.29) is 0 Å². The van der Waals surface area contributed by atoms with Crippen LogP contribution < -0.4 is 14.7 Å². The molecule has 0 saturated carbocycles. The fourth-order valence-electron chi connectivity index (χ4n) is 8.63. The van der Waals surface area contributed by atoms with E-state index in [9.17, 15) is 0 Å². The molecule has 0 N–H and O–H groups in total. The number of furan rings is 1. The van der Waals surface area contributed by atoms with Crippen molar-refractivity contribution in [2.45, 2.75) is 0 Å². The maximum absolute atomic E-state index is 6.28. The summed E-state index contributed by atoms with van der Waals surface area (Å²) in [4.78, 5) is 7.07. The summed E-state index contributed by atoms with van der Waals surface area (Å²) >= 11 is 0. The standard InChI is InChI=1S/C56H39N3O/c1-6-18-41(19-7-1)57(42-20-8-2-9-21-42)46-31-30-40-36-54(59(44-24-12-4-13-25-44)45-26-14-5-15-27-45)49-34-32-47(38-52(49)51(40)37-46)58(43-22-10-3-11-23-43)48-33-35-56-53(39-48)50-28-16-17-29-55(50)60-56/h1-39H. The van der Waals surface area contributed by atoms with Crippen molar-refractivity contribution >= 4 is 94.7 Å². The van der Waals surface area contributed by atoms with E-state index < -0.39 is 0 Å². The van der Waals surface area contributed by atoms with Crippen LogP contribution in [0.25, 0.3) is 43.5 Å². The Labute approximate surface area is 349 Å². The van der Waals surface area contributed by atoms with Crippen molar-refractivity contribution in [1.82, 2.24) is 0 Å².